The van der Waals surface area contributed by atoms with Crippen LogP contribution < -0.4 is 16.1 Å². The number of pyridine rings is 1. The van der Waals surface area contributed by atoms with Crippen molar-refractivity contribution in [3.63, 3.8) is 0 Å². The molecule has 0 atom stereocenters. The maximum absolute atomic E-state index is 5.01. The maximum Gasteiger partial charge on any atom is 0.135 e. The van der Waals surface area contributed by atoms with Crippen molar-refractivity contribution in [2.45, 2.75) is 32.7 Å². The summed E-state index contributed by atoms with van der Waals surface area (Å²) in [5.41, 5.74) is 2.29. The van der Waals surface area contributed by atoms with Gasteiger partial charge in [-0.3, -0.25) is 9.30 Å². The third-order valence-corrected chi connectivity index (χ3v) is 4.99. The summed E-state index contributed by atoms with van der Waals surface area (Å²) >= 11 is 1.84. The van der Waals surface area contributed by atoms with E-state index in [1.807, 2.05) is 11.9 Å². The summed E-state index contributed by atoms with van der Waals surface area (Å²) in [5.74, 6) is 0. The first kappa shape index (κ1) is 15.4. The number of aromatic nitrogens is 1. The number of aryl methyl sites for hydroxylation is 1. The standard InChI is InChI=1S/C16H25N3S/c1-6-14-11-12(2)13(3)18(4)16(14)17-15-7-9-19(20-5)10-8-15/h6,11,15H,3,7-10H2,1-2,4-5H3/b14-6-,17-16+. The highest BCUT2D eigenvalue weighted by molar-refractivity contribution is 7.96. The summed E-state index contributed by atoms with van der Waals surface area (Å²) in [5, 5.41) is 2.26. The smallest absolute Gasteiger partial charge is 0.135 e. The Morgan fingerprint density at radius 3 is 2.60 bits per heavy atom. The molecule has 0 aromatic carbocycles. The van der Waals surface area contributed by atoms with Crippen molar-refractivity contribution >= 4 is 24.6 Å². The van der Waals surface area contributed by atoms with Gasteiger partial charge in [-0.25, -0.2) is 0 Å². The molecule has 2 rings (SSSR count). The second kappa shape index (κ2) is 6.64. The van der Waals surface area contributed by atoms with E-state index in [1.54, 1.807) is 0 Å². The highest BCUT2D eigenvalue weighted by Crippen LogP contribution is 2.17. The second-order valence-corrected chi connectivity index (χ2v) is 6.25. The molecule has 20 heavy (non-hydrogen) atoms. The van der Waals surface area contributed by atoms with Crippen molar-refractivity contribution in [3.05, 3.63) is 27.7 Å². The first-order valence-corrected chi connectivity index (χ1v) is 8.39. The van der Waals surface area contributed by atoms with Gasteiger partial charge in [0.1, 0.15) is 5.49 Å². The quantitative estimate of drug-likeness (QED) is 0.763. The molecule has 1 saturated heterocycles. The molecule has 0 bridgehead atoms. The van der Waals surface area contributed by atoms with E-state index < -0.39 is 0 Å². The van der Waals surface area contributed by atoms with Gasteiger partial charge in [-0.15, -0.1) is 0 Å². The minimum absolute atomic E-state index is 0.436. The predicted octanol–water partition coefficient (Wildman–Crippen LogP) is 1.19. The van der Waals surface area contributed by atoms with Crippen molar-refractivity contribution in [3.8, 4) is 0 Å². The minimum atomic E-state index is 0.436. The molecular weight excluding hydrogens is 266 g/mol. The van der Waals surface area contributed by atoms with E-state index in [-0.39, 0.29) is 0 Å². The molecule has 1 aromatic heterocycles. The zero-order valence-corrected chi connectivity index (χ0v) is 13.8. The molecule has 4 heteroatoms. The van der Waals surface area contributed by atoms with Crippen LogP contribution in [0.15, 0.2) is 11.1 Å². The molecule has 1 fully saturated rings. The highest BCUT2D eigenvalue weighted by atomic mass is 32.2. The second-order valence-electron chi connectivity index (χ2n) is 5.37. The zero-order chi connectivity index (χ0) is 14.7. The van der Waals surface area contributed by atoms with Gasteiger partial charge in [0, 0.05) is 30.7 Å². The topological polar surface area (TPSA) is 20.5 Å². The number of piperidine rings is 1. The molecule has 2 heterocycles. The van der Waals surface area contributed by atoms with E-state index in [0.717, 1.165) is 36.8 Å². The van der Waals surface area contributed by atoms with Crippen LogP contribution in [0.3, 0.4) is 0 Å². The summed E-state index contributed by atoms with van der Waals surface area (Å²) in [6.45, 7) is 10.6. The molecule has 1 aliphatic rings. The Labute approximate surface area is 125 Å². The Hall–Kier alpha value is -1.00. The van der Waals surface area contributed by atoms with E-state index in [9.17, 15) is 0 Å². The zero-order valence-electron chi connectivity index (χ0n) is 13.0. The molecule has 1 aliphatic heterocycles. The SMILES string of the molecule is C=c1c(C)cc(=C/C)/c(=N\C2CCN(SC)CC2)n1C. The summed E-state index contributed by atoms with van der Waals surface area (Å²) in [6, 6.07) is 2.63. The number of rotatable bonds is 2. The monoisotopic (exact) mass is 291 g/mol. The predicted molar refractivity (Wildman–Crippen MR) is 88.7 cm³/mol. The van der Waals surface area contributed by atoms with E-state index in [0.29, 0.717) is 6.04 Å². The molecule has 0 radical (unpaired) electrons. The third-order valence-electron chi connectivity index (χ3n) is 4.11. The van der Waals surface area contributed by atoms with Crippen LogP contribution in [0.25, 0.3) is 12.7 Å². The van der Waals surface area contributed by atoms with Crippen LogP contribution >= 0.6 is 11.9 Å². The summed E-state index contributed by atoms with van der Waals surface area (Å²) in [7, 11) is 2.07. The average molecular weight is 291 g/mol. The highest BCUT2D eigenvalue weighted by Gasteiger charge is 2.17. The van der Waals surface area contributed by atoms with Crippen LogP contribution in [0.1, 0.15) is 25.3 Å². The molecule has 110 valence electrons. The summed E-state index contributed by atoms with van der Waals surface area (Å²) < 4.78 is 4.55. The van der Waals surface area contributed by atoms with Crippen LogP contribution in [0, 0.1) is 6.92 Å². The van der Waals surface area contributed by atoms with Gasteiger partial charge in [0.05, 0.1) is 6.04 Å². The normalized spacial score (nSPS) is 19.8. The molecule has 3 nitrogen and oxygen atoms in total. The van der Waals surface area contributed by atoms with Gasteiger partial charge in [-0.05, 0) is 44.6 Å². The van der Waals surface area contributed by atoms with E-state index in [1.165, 1.54) is 10.8 Å². The molecule has 0 saturated carbocycles. The van der Waals surface area contributed by atoms with Gasteiger partial charge < -0.3 is 4.57 Å². The van der Waals surface area contributed by atoms with E-state index in [4.69, 9.17) is 4.99 Å². The van der Waals surface area contributed by atoms with Gasteiger partial charge in [-0.1, -0.05) is 24.6 Å². The Balaban J connectivity index is 2.41. The van der Waals surface area contributed by atoms with Gasteiger partial charge in [0.2, 0.25) is 0 Å². The van der Waals surface area contributed by atoms with Crippen molar-refractivity contribution in [1.29, 1.82) is 0 Å². The van der Waals surface area contributed by atoms with Crippen LogP contribution in [-0.2, 0) is 7.05 Å². The van der Waals surface area contributed by atoms with Crippen LogP contribution in [0.5, 0.6) is 0 Å². The molecule has 0 amide bonds. The van der Waals surface area contributed by atoms with Gasteiger partial charge in [0.15, 0.2) is 0 Å². The largest absolute Gasteiger partial charge is 0.330 e. The molecule has 0 N–H and O–H groups in total. The lowest BCUT2D eigenvalue weighted by molar-refractivity contribution is 0.343. The molecule has 1 aromatic rings. The van der Waals surface area contributed by atoms with E-state index in [2.05, 4.69) is 54.7 Å². The fraction of sp³-hybridized carbons (Fsp3) is 0.562. The lowest BCUT2D eigenvalue weighted by Crippen LogP contribution is -2.44. The summed E-state index contributed by atoms with van der Waals surface area (Å²) in [4.78, 5) is 5.01. The third kappa shape index (κ3) is 3.18. The van der Waals surface area contributed by atoms with Crippen LogP contribution in [-0.4, -0.2) is 34.3 Å². The molecule has 0 spiro atoms. The fourth-order valence-corrected chi connectivity index (χ4v) is 3.24. The Morgan fingerprint density at radius 1 is 1.40 bits per heavy atom. The van der Waals surface area contributed by atoms with Gasteiger partial charge in [0.25, 0.3) is 0 Å². The van der Waals surface area contributed by atoms with Gasteiger partial charge in [-0.2, -0.15) is 0 Å². The Morgan fingerprint density at radius 2 is 2.05 bits per heavy atom. The maximum atomic E-state index is 5.01. The van der Waals surface area contributed by atoms with Crippen molar-refractivity contribution < 1.29 is 0 Å². The lowest BCUT2D eigenvalue weighted by atomic mass is 10.1. The molecule has 0 aliphatic carbocycles. The van der Waals surface area contributed by atoms with E-state index >= 15 is 0 Å². The number of hydrogen-bond donors (Lipinski definition) is 0. The Kier molecular flexibility index (Phi) is 5.11. The average Bonchev–Trinajstić information content (AvgIpc) is 2.48. The fourth-order valence-electron chi connectivity index (χ4n) is 2.67. The number of hydrogen-bond acceptors (Lipinski definition) is 3. The minimum Gasteiger partial charge on any atom is -0.330 e. The Bertz CT molecular complexity index is 637. The van der Waals surface area contributed by atoms with Crippen LogP contribution in [0.4, 0.5) is 0 Å². The molecular formula is C16H25N3S. The first-order chi connectivity index (χ1) is 9.56. The van der Waals surface area contributed by atoms with Crippen molar-refractivity contribution in [1.82, 2.24) is 8.87 Å². The van der Waals surface area contributed by atoms with Crippen LogP contribution in [0.2, 0.25) is 0 Å². The van der Waals surface area contributed by atoms with Gasteiger partial charge >= 0.3 is 0 Å². The number of nitrogens with zero attached hydrogens (tertiary/aromatic N) is 3. The summed E-state index contributed by atoms with van der Waals surface area (Å²) in [6.07, 6.45) is 6.58. The van der Waals surface area contributed by atoms with Crippen molar-refractivity contribution in [2.75, 3.05) is 19.3 Å². The molecule has 0 unspecified atom stereocenters. The lowest BCUT2D eigenvalue weighted by Gasteiger charge is -2.27. The van der Waals surface area contributed by atoms with Crippen molar-refractivity contribution in [2.24, 2.45) is 12.0 Å². The first-order valence-electron chi connectivity index (χ1n) is 7.21.